The van der Waals surface area contributed by atoms with Crippen molar-refractivity contribution in [1.82, 2.24) is 9.88 Å². The molecular formula is C30H37FN2O4. The van der Waals surface area contributed by atoms with Crippen molar-refractivity contribution < 1.29 is 23.8 Å². The van der Waals surface area contributed by atoms with Crippen LogP contribution in [0.3, 0.4) is 0 Å². The van der Waals surface area contributed by atoms with Gasteiger partial charge in [0.25, 0.3) is 0 Å². The van der Waals surface area contributed by atoms with Gasteiger partial charge in [0.05, 0.1) is 19.7 Å². The van der Waals surface area contributed by atoms with Crippen molar-refractivity contribution in [1.29, 1.82) is 0 Å². The van der Waals surface area contributed by atoms with Gasteiger partial charge in [-0.1, -0.05) is 18.2 Å². The van der Waals surface area contributed by atoms with Crippen molar-refractivity contribution in [2.75, 3.05) is 33.9 Å². The average Bonchev–Trinajstić information content (AvgIpc) is 2.91. The van der Waals surface area contributed by atoms with E-state index in [0.717, 1.165) is 55.5 Å². The lowest BCUT2D eigenvalue weighted by Crippen LogP contribution is -2.42. The number of likely N-dealkylation sites (tertiary alicyclic amines) is 1. The molecule has 1 aromatic heterocycles. The molecule has 4 rings (SSSR count). The summed E-state index contributed by atoms with van der Waals surface area (Å²) < 4.78 is 26.3. The van der Waals surface area contributed by atoms with E-state index in [1.165, 1.54) is 5.56 Å². The minimum absolute atomic E-state index is 0.0268. The molecule has 0 saturated carbocycles. The molecule has 0 bridgehead atoms. The lowest BCUT2D eigenvalue weighted by Gasteiger charge is -2.38. The molecule has 2 heterocycles. The highest BCUT2D eigenvalue weighted by Gasteiger charge is 2.31. The molecule has 1 N–H and O–H groups in total. The third-order valence-corrected chi connectivity index (χ3v) is 7.64. The fraction of sp³-hybridized carbons (Fsp3) is 0.467. The molecule has 1 aliphatic rings. The number of aromatic nitrogens is 1. The second kappa shape index (κ2) is 12.9. The molecule has 3 aromatic rings. The number of halogens is 1. The number of methoxy groups -OCH3 is 2. The molecule has 6 nitrogen and oxygen atoms in total. The fourth-order valence-corrected chi connectivity index (χ4v) is 5.66. The fourth-order valence-electron chi connectivity index (χ4n) is 5.66. The molecule has 0 aliphatic carbocycles. The largest absolute Gasteiger partial charge is 0.497 e. The Labute approximate surface area is 218 Å². The lowest BCUT2D eigenvalue weighted by atomic mass is 9.79. The summed E-state index contributed by atoms with van der Waals surface area (Å²) in [6.07, 6.45) is 4.46. The van der Waals surface area contributed by atoms with Gasteiger partial charge in [-0.25, -0.2) is 4.39 Å². The lowest BCUT2D eigenvalue weighted by molar-refractivity contribution is -0.139. The van der Waals surface area contributed by atoms with Crippen molar-refractivity contribution in [3.05, 3.63) is 65.9 Å². The van der Waals surface area contributed by atoms with Crippen LogP contribution in [0.4, 0.5) is 4.39 Å². The molecule has 198 valence electrons. The van der Waals surface area contributed by atoms with Crippen LogP contribution < -0.4 is 9.47 Å². The number of aliphatic carboxylic acids is 1. The van der Waals surface area contributed by atoms with Crippen molar-refractivity contribution in [2.24, 2.45) is 11.8 Å². The molecular weight excluding hydrogens is 471 g/mol. The van der Waals surface area contributed by atoms with E-state index in [2.05, 4.69) is 16.0 Å². The maximum Gasteiger partial charge on any atom is 0.303 e. The summed E-state index contributed by atoms with van der Waals surface area (Å²) >= 11 is 0. The van der Waals surface area contributed by atoms with Gasteiger partial charge < -0.3 is 19.5 Å². The third-order valence-electron chi connectivity index (χ3n) is 7.64. The van der Waals surface area contributed by atoms with Gasteiger partial charge in [0.15, 0.2) is 0 Å². The summed E-state index contributed by atoms with van der Waals surface area (Å²) in [5, 5.41) is 10.3. The molecule has 1 saturated heterocycles. The molecule has 3 atom stereocenters. The number of carboxylic acid groups (broad SMARTS) is 1. The van der Waals surface area contributed by atoms with E-state index in [0.29, 0.717) is 24.2 Å². The molecule has 37 heavy (non-hydrogen) atoms. The zero-order chi connectivity index (χ0) is 26.2. The van der Waals surface area contributed by atoms with Gasteiger partial charge in [-0.3, -0.25) is 9.78 Å². The quantitative estimate of drug-likeness (QED) is 0.319. The van der Waals surface area contributed by atoms with Crippen LogP contribution in [0.2, 0.25) is 0 Å². The van der Waals surface area contributed by atoms with Crippen LogP contribution >= 0.6 is 0 Å². The van der Waals surface area contributed by atoms with Crippen LogP contribution in [0.5, 0.6) is 11.5 Å². The Morgan fingerprint density at radius 1 is 1.16 bits per heavy atom. The van der Waals surface area contributed by atoms with E-state index < -0.39 is 12.1 Å². The zero-order valence-electron chi connectivity index (χ0n) is 21.7. The number of carbonyl (C=O) groups is 1. The van der Waals surface area contributed by atoms with Crippen molar-refractivity contribution in [3.8, 4) is 11.5 Å². The summed E-state index contributed by atoms with van der Waals surface area (Å²) in [5.74, 6) is 1.02. The van der Waals surface area contributed by atoms with Gasteiger partial charge in [-0.2, -0.15) is 0 Å². The van der Waals surface area contributed by atoms with Crippen LogP contribution in [0.15, 0.2) is 54.7 Å². The summed E-state index contributed by atoms with van der Waals surface area (Å²) in [6.45, 7) is 2.58. The van der Waals surface area contributed by atoms with Crippen LogP contribution in [0.25, 0.3) is 10.9 Å². The molecule has 2 aromatic carbocycles. The molecule has 7 heteroatoms. The Morgan fingerprint density at radius 3 is 2.78 bits per heavy atom. The highest BCUT2D eigenvalue weighted by molar-refractivity contribution is 5.83. The van der Waals surface area contributed by atoms with Crippen LogP contribution in [-0.4, -0.2) is 54.8 Å². The van der Waals surface area contributed by atoms with Gasteiger partial charge in [0, 0.05) is 24.5 Å². The highest BCUT2D eigenvalue weighted by Crippen LogP contribution is 2.36. The standard InChI is InChI=1S/C30H37FN2O4/c1-36-24-10-12-28-26(19-24)25(13-15-32-28)27(31)11-9-21-14-17-33(20-23(21)18-30(34)35)16-5-7-22-6-3-4-8-29(22)37-2/h3-4,6,8,10,12-13,15,19,21,23,27H,5,7,9,11,14,16-18,20H2,1-2H3,(H,34,35)/t21-,23+,27?/m1/s1. The van der Waals surface area contributed by atoms with Crippen molar-refractivity contribution in [2.45, 2.75) is 44.7 Å². The molecule has 1 fully saturated rings. The van der Waals surface area contributed by atoms with E-state index in [-0.39, 0.29) is 18.3 Å². The smallest absolute Gasteiger partial charge is 0.303 e. The van der Waals surface area contributed by atoms with Gasteiger partial charge in [-0.05, 0) is 98.5 Å². The van der Waals surface area contributed by atoms with E-state index in [9.17, 15) is 9.90 Å². The molecule has 1 unspecified atom stereocenters. The number of carboxylic acids is 1. The third kappa shape index (κ3) is 6.98. The molecule has 0 amide bonds. The number of nitrogens with zero attached hydrogens (tertiary/aromatic N) is 2. The molecule has 0 spiro atoms. The van der Waals surface area contributed by atoms with Crippen LogP contribution in [0.1, 0.15) is 49.4 Å². The first-order valence-electron chi connectivity index (χ1n) is 13.1. The highest BCUT2D eigenvalue weighted by atomic mass is 19.1. The predicted molar refractivity (Wildman–Crippen MR) is 143 cm³/mol. The Kier molecular flexibility index (Phi) is 9.34. The Bertz CT molecular complexity index is 1190. The number of hydrogen-bond acceptors (Lipinski definition) is 5. The summed E-state index contributed by atoms with van der Waals surface area (Å²) in [6, 6.07) is 15.3. The Balaban J connectivity index is 1.35. The Morgan fingerprint density at radius 2 is 2.00 bits per heavy atom. The van der Waals surface area contributed by atoms with Gasteiger partial charge in [-0.15, -0.1) is 0 Å². The number of ether oxygens (including phenoxy) is 2. The number of hydrogen-bond donors (Lipinski definition) is 1. The first kappa shape index (κ1) is 26.9. The number of fused-ring (bicyclic) bond motifs is 1. The Hall–Kier alpha value is -3.19. The monoisotopic (exact) mass is 508 g/mol. The maximum absolute atomic E-state index is 15.5. The average molecular weight is 509 g/mol. The van der Waals surface area contributed by atoms with Gasteiger partial charge >= 0.3 is 5.97 Å². The summed E-state index contributed by atoms with van der Waals surface area (Å²) in [4.78, 5) is 18.4. The van der Waals surface area contributed by atoms with Crippen LogP contribution in [0, 0.1) is 11.8 Å². The topological polar surface area (TPSA) is 71.9 Å². The second-order valence-corrected chi connectivity index (χ2v) is 9.95. The first-order valence-corrected chi connectivity index (χ1v) is 13.1. The minimum atomic E-state index is -1.14. The normalized spacial score (nSPS) is 19.0. The van der Waals surface area contributed by atoms with Gasteiger partial charge in [0.1, 0.15) is 17.7 Å². The van der Waals surface area contributed by atoms with E-state index >= 15 is 4.39 Å². The van der Waals surface area contributed by atoms with E-state index in [4.69, 9.17) is 9.47 Å². The van der Waals surface area contributed by atoms with Gasteiger partial charge in [0.2, 0.25) is 0 Å². The minimum Gasteiger partial charge on any atom is -0.497 e. The number of para-hydroxylation sites is 1. The summed E-state index contributed by atoms with van der Waals surface area (Å²) in [5.41, 5.74) is 2.55. The predicted octanol–water partition coefficient (Wildman–Crippen LogP) is 6.09. The van der Waals surface area contributed by atoms with E-state index in [1.54, 1.807) is 26.5 Å². The zero-order valence-corrected chi connectivity index (χ0v) is 21.7. The number of aryl methyl sites for hydroxylation is 1. The summed E-state index contributed by atoms with van der Waals surface area (Å²) in [7, 11) is 3.29. The maximum atomic E-state index is 15.5. The van der Waals surface area contributed by atoms with E-state index in [1.807, 2.05) is 36.4 Å². The number of rotatable bonds is 12. The number of alkyl halides is 1. The number of benzene rings is 2. The SMILES string of the molecule is COc1ccc2nccc(C(F)CC[C@@H]3CCN(CCCc4ccccc4OC)C[C@@H]3CC(=O)O)c2c1. The first-order chi connectivity index (χ1) is 18.0. The molecule has 1 aliphatic heterocycles. The van der Waals surface area contributed by atoms with Crippen LogP contribution in [-0.2, 0) is 11.2 Å². The van der Waals surface area contributed by atoms with Crippen molar-refractivity contribution in [3.63, 3.8) is 0 Å². The number of pyridine rings is 1. The second-order valence-electron chi connectivity index (χ2n) is 9.95. The molecule has 0 radical (unpaired) electrons. The number of piperidine rings is 1. The van der Waals surface area contributed by atoms with Crippen molar-refractivity contribution >= 4 is 16.9 Å².